The highest BCUT2D eigenvalue weighted by atomic mass is 32.1. The van der Waals surface area contributed by atoms with Crippen LogP contribution in [0.3, 0.4) is 0 Å². The molecule has 0 aliphatic heterocycles. The molecule has 0 radical (unpaired) electrons. The number of nitrogens with one attached hydrogen (secondary N) is 1. The van der Waals surface area contributed by atoms with Gasteiger partial charge < -0.3 is 10.4 Å². The van der Waals surface area contributed by atoms with Crippen LogP contribution >= 0.6 is 11.3 Å². The maximum atomic E-state index is 12.3. The van der Waals surface area contributed by atoms with Crippen LogP contribution in [0, 0.1) is 5.92 Å². The van der Waals surface area contributed by atoms with Crippen molar-refractivity contribution in [1.82, 2.24) is 0 Å². The highest BCUT2D eigenvalue weighted by Crippen LogP contribution is 2.39. The van der Waals surface area contributed by atoms with Gasteiger partial charge in [-0.2, -0.15) is 0 Å². The average Bonchev–Trinajstić information content (AvgIpc) is 2.97. The van der Waals surface area contributed by atoms with Gasteiger partial charge in [-0.1, -0.05) is 45.0 Å². The van der Waals surface area contributed by atoms with Crippen LogP contribution in [0.4, 0.5) is 5.00 Å². The van der Waals surface area contributed by atoms with Crippen LogP contribution in [0.5, 0.6) is 0 Å². The fourth-order valence-electron chi connectivity index (χ4n) is 3.38. The summed E-state index contributed by atoms with van der Waals surface area (Å²) in [7, 11) is 0. The molecule has 27 heavy (non-hydrogen) atoms. The smallest absolute Gasteiger partial charge is 0.339 e. The minimum atomic E-state index is -0.967. The van der Waals surface area contributed by atoms with E-state index in [0.29, 0.717) is 16.8 Å². The largest absolute Gasteiger partial charge is 0.478 e. The Hall–Kier alpha value is -2.40. The molecule has 0 bridgehead atoms. The number of carbonyl (C=O) groups excluding carboxylic acids is 1. The van der Waals surface area contributed by atoms with Gasteiger partial charge in [-0.25, -0.2) is 4.79 Å². The molecule has 1 aromatic carbocycles. The molecule has 2 aromatic rings. The van der Waals surface area contributed by atoms with Crippen LogP contribution in [0.2, 0.25) is 0 Å². The third-order valence-corrected chi connectivity index (χ3v) is 6.16. The SMILES string of the molecule is CC1CCc2c(sc(NC(=O)/C=C/c3ccc(C(C)C)cc3)c2C(=O)O)C1. The highest BCUT2D eigenvalue weighted by Gasteiger charge is 2.27. The number of amides is 1. The number of rotatable bonds is 5. The predicted molar refractivity (Wildman–Crippen MR) is 111 cm³/mol. The number of carbonyl (C=O) groups is 2. The first-order valence-corrected chi connectivity index (χ1v) is 10.1. The topological polar surface area (TPSA) is 66.4 Å². The number of anilines is 1. The standard InChI is InChI=1S/C22H25NO3S/c1-13(2)16-8-5-15(6-9-16)7-11-19(24)23-21-20(22(25)26)17-10-4-14(3)12-18(17)27-21/h5-9,11,13-14H,4,10,12H2,1-3H3,(H,23,24)(H,25,26)/b11-7+. The van der Waals surface area contributed by atoms with E-state index in [9.17, 15) is 14.7 Å². The first-order chi connectivity index (χ1) is 12.8. The molecular formula is C22H25NO3S. The van der Waals surface area contributed by atoms with Gasteiger partial charge in [0.25, 0.3) is 0 Å². The lowest BCUT2D eigenvalue weighted by Gasteiger charge is -2.17. The summed E-state index contributed by atoms with van der Waals surface area (Å²) in [5.74, 6) is -0.258. The van der Waals surface area contributed by atoms with Crippen molar-refractivity contribution in [3.8, 4) is 0 Å². The van der Waals surface area contributed by atoms with E-state index in [1.165, 1.54) is 23.0 Å². The molecule has 5 heteroatoms. The van der Waals surface area contributed by atoms with Crippen LogP contribution < -0.4 is 5.32 Å². The molecule has 1 atom stereocenters. The van der Waals surface area contributed by atoms with E-state index in [4.69, 9.17) is 0 Å². The Morgan fingerprint density at radius 3 is 2.59 bits per heavy atom. The number of benzene rings is 1. The fraction of sp³-hybridized carbons (Fsp3) is 0.364. The molecule has 4 nitrogen and oxygen atoms in total. The van der Waals surface area contributed by atoms with E-state index in [2.05, 4.69) is 38.2 Å². The Bertz CT molecular complexity index is 878. The molecule has 1 heterocycles. The van der Waals surface area contributed by atoms with Crippen molar-refractivity contribution in [2.24, 2.45) is 5.92 Å². The molecule has 1 aliphatic carbocycles. The summed E-state index contributed by atoms with van der Waals surface area (Å²) in [6, 6.07) is 8.07. The van der Waals surface area contributed by atoms with Crippen molar-refractivity contribution in [2.75, 3.05) is 5.32 Å². The van der Waals surface area contributed by atoms with Gasteiger partial charge in [0, 0.05) is 11.0 Å². The van der Waals surface area contributed by atoms with Gasteiger partial charge in [-0.3, -0.25) is 4.79 Å². The second-order valence-corrected chi connectivity index (χ2v) is 8.61. The maximum absolute atomic E-state index is 12.3. The Morgan fingerprint density at radius 1 is 1.26 bits per heavy atom. The van der Waals surface area contributed by atoms with E-state index < -0.39 is 5.97 Å². The summed E-state index contributed by atoms with van der Waals surface area (Å²) in [6.07, 6.45) is 5.84. The summed E-state index contributed by atoms with van der Waals surface area (Å²) in [5, 5.41) is 12.8. The molecule has 0 saturated carbocycles. The summed E-state index contributed by atoms with van der Waals surface area (Å²) in [5.41, 5.74) is 3.35. The summed E-state index contributed by atoms with van der Waals surface area (Å²) < 4.78 is 0. The molecule has 142 valence electrons. The molecule has 1 aliphatic rings. The second-order valence-electron chi connectivity index (χ2n) is 7.50. The molecule has 1 unspecified atom stereocenters. The van der Waals surface area contributed by atoms with Gasteiger partial charge in [0.2, 0.25) is 5.91 Å². The third kappa shape index (κ3) is 4.48. The summed E-state index contributed by atoms with van der Waals surface area (Å²) in [4.78, 5) is 25.1. The summed E-state index contributed by atoms with van der Waals surface area (Å²) >= 11 is 1.40. The van der Waals surface area contributed by atoms with Crippen molar-refractivity contribution in [1.29, 1.82) is 0 Å². The molecular weight excluding hydrogens is 358 g/mol. The monoisotopic (exact) mass is 383 g/mol. The quantitative estimate of drug-likeness (QED) is 0.684. The Kier molecular flexibility index (Phi) is 5.80. The normalized spacial score (nSPS) is 16.5. The molecule has 2 N–H and O–H groups in total. The average molecular weight is 384 g/mol. The van der Waals surface area contributed by atoms with Crippen molar-refractivity contribution >= 4 is 34.3 Å². The van der Waals surface area contributed by atoms with E-state index in [1.807, 2.05) is 12.1 Å². The number of fused-ring (bicyclic) bond motifs is 1. The number of carboxylic acid groups (broad SMARTS) is 1. The minimum absolute atomic E-state index is 0.268. The van der Waals surface area contributed by atoms with Crippen molar-refractivity contribution in [2.45, 2.75) is 46.0 Å². The zero-order chi connectivity index (χ0) is 19.6. The number of carboxylic acids is 1. The summed E-state index contributed by atoms with van der Waals surface area (Å²) in [6.45, 7) is 6.45. The Labute approximate surface area is 163 Å². The van der Waals surface area contributed by atoms with Gasteiger partial charge in [0.15, 0.2) is 0 Å². The number of thiophene rings is 1. The van der Waals surface area contributed by atoms with E-state index in [1.54, 1.807) is 6.08 Å². The number of hydrogen-bond donors (Lipinski definition) is 2. The number of hydrogen-bond acceptors (Lipinski definition) is 3. The van der Waals surface area contributed by atoms with Gasteiger partial charge in [0.1, 0.15) is 5.00 Å². The van der Waals surface area contributed by atoms with Crippen LogP contribution in [0.25, 0.3) is 6.08 Å². The number of aromatic carboxylic acids is 1. The van der Waals surface area contributed by atoms with Gasteiger partial charge in [-0.05, 0) is 53.9 Å². The molecule has 1 amide bonds. The van der Waals surface area contributed by atoms with E-state index in [-0.39, 0.29) is 11.5 Å². The lowest BCUT2D eigenvalue weighted by atomic mass is 9.88. The van der Waals surface area contributed by atoms with Gasteiger partial charge in [0.05, 0.1) is 5.56 Å². The lowest BCUT2D eigenvalue weighted by Crippen LogP contribution is -2.13. The third-order valence-electron chi connectivity index (χ3n) is 4.99. The zero-order valence-corrected chi connectivity index (χ0v) is 16.7. The minimum Gasteiger partial charge on any atom is -0.478 e. The molecule has 1 aromatic heterocycles. The predicted octanol–water partition coefficient (Wildman–Crippen LogP) is 5.35. The van der Waals surface area contributed by atoms with Crippen molar-refractivity contribution in [3.63, 3.8) is 0 Å². The Morgan fingerprint density at radius 2 is 1.96 bits per heavy atom. The van der Waals surface area contributed by atoms with Gasteiger partial charge in [-0.15, -0.1) is 11.3 Å². The van der Waals surface area contributed by atoms with Crippen molar-refractivity contribution < 1.29 is 14.7 Å². The molecule has 0 spiro atoms. The second kappa shape index (κ2) is 8.09. The van der Waals surface area contributed by atoms with Crippen LogP contribution in [0.15, 0.2) is 30.3 Å². The molecule has 3 rings (SSSR count). The Balaban J connectivity index is 1.75. The zero-order valence-electron chi connectivity index (χ0n) is 15.9. The van der Waals surface area contributed by atoms with Crippen molar-refractivity contribution in [3.05, 3.63) is 57.5 Å². The maximum Gasteiger partial charge on any atom is 0.339 e. The first kappa shape index (κ1) is 19.4. The highest BCUT2D eigenvalue weighted by molar-refractivity contribution is 7.17. The van der Waals surface area contributed by atoms with Crippen LogP contribution in [-0.4, -0.2) is 17.0 Å². The van der Waals surface area contributed by atoms with Gasteiger partial charge >= 0.3 is 5.97 Å². The van der Waals surface area contributed by atoms with Crippen LogP contribution in [-0.2, 0) is 17.6 Å². The lowest BCUT2D eigenvalue weighted by molar-refractivity contribution is -0.111. The van der Waals surface area contributed by atoms with E-state index in [0.717, 1.165) is 35.3 Å². The fourth-order valence-corrected chi connectivity index (χ4v) is 4.79. The van der Waals surface area contributed by atoms with Crippen LogP contribution in [0.1, 0.15) is 65.0 Å². The van der Waals surface area contributed by atoms with E-state index >= 15 is 0 Å². The molecule has 0 fully saturated rings. The first-order valence-electron chi connectivity index (χ1n) is 9.32. The molecule has 0 saturated heterocycles.